The van der Waals surface area contributed by atoms with Crippen molar-refractivity contribution in [3.63, 3.8) is 0 Å². The summed E-state index contributed by atoms with van der Waals surface area (Å²) in [5.74, 6) is 0.760. The molecule has 1 amide bonds. The van der Waals surface area contributed by atoms with Gasteiger partial charge in [0, 0.05) is 24.5 Å². The summed E-state index contributed by atoms with van der Waals surface area (Å²) in [7, 11) is 1.61. The highest BCUT2D eigenvalue weighted by molar-refractivity contribution is 7.99. The van der Waals surface area contributed by atoms with Gasteiger partial charge in [-0.3, -0.25) is 4.79 Å². The van der Waals surface area contributed by atoms with Crippen LogP contribution in [-0.4, -0.2) is 51.0 Å². The number of thioether (sulfide) groups is 1. The van der Waals surface area contributed by atoms with Gasteiger partial charge in [0.1, 0.15) is 0 Å². The van der Waals surface area contributed by atoms with Crippen LogP contribution < -0.4 is 5.32 Å². The highest BCUT2D eigenvalue weighted by Crippen LogP contribution is 2.15. The van der Waals surface area contributed by atoms with Gasteiger partial charge in [0.15, 0.2) is 0 Å². The van der Waals surface area contributed by atoms with E-state index in [0.29, 0.717) is 17.5 Å². The van der Waals surface area contributed by atoms with E-state index in [9.17, 15) is 4.79 Å². The topological polar surface area (TPSA) is 81.4 Å². The van der Waals surface area contributed by atoms with E-state index in [1.54, 1.807) is 11.6 Å². The maximum absolute atomic E-state index is 11.8. The fourth-order valence-electron chi connectivity index (χ4n) is 1.95. The number of ether oxygens (including phenoxy) is 1. The number of rotatable bonds is 6. The van der Waals surface area contributed by atoms with E-state index in [1.165, 1.54) is 11.8 Å². The second kappa shape index (κ2) is 6.86. The number of hydrogen-bond acceptors (Lipinski definition) is 6. The first-order valence-corrected chi connectivity index (χ1v) is 7.60. The molecule has 1 N–H and O–H groups in total. The Bertz CT molecular complexity index is 643. The number of hydrogen-bond donors (Lipinski definition) is 1. The van der Waals surface area contributed by atoms with Gasteiger partial charge in [-0.15, -0.1) is 5.10 Å². The molecule has 0 bridgehead atoms. The minimum atomic E-state index is -0.0655. The molecular weight excluding hydrogens is 290 g/mol. The summed E-state index contributed by atoms with van der Waals surface area (Å²) >= 11 is 1.29. The molecule has 21 heavy (non-hydrogen) atoms. The van der Waals surface area contributed by atoms with Crippen LogP contribution in [0.1, 0.15) is 18.3 Å². The fourth-order valence-corrected chi connectivity index (χ4v) is 2.58. The van der Waals surface area contributed by atoms with Gasteiger partial charge in [0.05, 0.1) is 12.4 Å². The second-order valence-corrected chi connectivity index (χ2v) is 5.80. The summed E-state index contributed by atoms with van der Waals surface area (Å²) in [4.78, 5) is 20.4. The van der Waals surface area contributed by atoms with Gasteiger partial charge in [0.2, 0.25) is 11.1 Å². The van der Waals surface area contributed by atoms with Gasteiger partial charge in [-0.05, 0) is 26.8 Å². The van der Waals surface area contributed by atoms with Crippen LogP contribution in [-0.2, 0) is 9.53 Å². The predicted octanol–water partition coefficient (Wildman–Crippen LogP) is 0.984. The minimum absolute atomic E-state index is 0.0105. The summed E-state index contributed by atoms with van der Waals surface area (Å²) < 4.78 is 6.66. The normalized spacial score (nSPS) is 12.6. The third-order valence-corrected chi connectivity index (χ3v) is 3.59. The number of aryl methyl sites for hydroxylation is 2. The van der Waals surface area contributed by atoms with Crippen molar-refractivity contribution in [3.05, 3.63) is 17.5 Å². The standard InChI is InChI=1S/C13H19N5O2S/c1-8-5-10(3)18-12(15-8)16-13(17-18)21-7-11(19)14-9(2)6-20-4/h5,9H,6-7H2,1-4H3,(H,14,19). The van der Waals surface area contributed by atoms with Crippen molar-refractivity contribution in [2.24, 2.45) is 0 Å². The summed E-state index contributed by atoms with van der Waals surface area (Å²) in [5, 5.41) is 7.73. The van der Waals surface area contributed by atoms with Crippen LogP contribution in [0.5, 0.6) is 0 Å². The van der Waals surface area contributed by atoms with Gasteiger partial charge in [0.25, 0.3) is 5.78 Å². The van der Waals surface area contributed by atoms with E-state index in [0.717, 1.165) is 11.4 Å². The van der Waals surface area contributed by atoms with Crippen LogP contribution in [0.4, 0.5) is 0 Å². The van der Waals surface area contributed by atoms with E-state index in [4.69, 9.17) is 4.74 Å². The highest BCUT2D eigenvalue weighted by Gasteiger charge is 2.12. The molecule has 7 nitrogen and oxygen atoms in total. The molecule has 0 fully saturated rings. The molecule has 0 aliphatic carbocycles. The van der Waals surface area contributed by atoms with Crippen molar-refractivity contribution in [3.8, 4) is 0 Å². The van der Waals surface area contributed by atoms with E-state index in [-0.39, 0.29) is 17.7 Å². The number of nitrogens with zero attached hydrogens (tertiary/aromatic N) is 4. The van der Waals surface area contributed by atoms with E-state index < -0.39 is 0 Å². The Labute approximate surface area is 127 Å². The lowest BCUT2D eigenvalue weighted by Crippen LogP contribution is -2.36. The SMILES string of the molecule is COCC(C)NC(=O)CSc1nc2nc(C)cc(C)n2n1. The summed E-state index contributed by atoms with van der Waals surface area (Å²) in [6, 6.07) is 1.93. The predicted molar refractivity (Wildman–Crippen MR) is 80.5 cm³/mol. The fraction of sp³-hybridized carbons (Fsp3) is 0.538. The molecule has 0 spiro atoms. The third kappa shape index (κ3) is 4.15. The lowest BCUT2D eigenvalue weighted by molar-refractivity contribution is -0.119. The number of methoxy groups -OCH3 is 1. The first-order chi connectivity index (χ1) is 9.99. The lowest BCUT2D eigenvalue weighted by Gasteiger charge is -2.11. The number of carbonyl (C=O) groups excluding carboxylic acids is 1. The Hall–Kier alpha value is -1.67. The maximum atomic E-state index is 11.8. The molecular formula is C13H19N5O2S. The summed E-state index contributed by atoms with van der Waals surface area (Å²) in [6.07, 6.45) is 0. The zero-order valence-corrected chi connectivity index (χ0v) is 13.4. The van der Waals surface area contributed by atoms with Crippen LogP contribution in [0, 0.1) is 13.8 Å². The number of fused-ring (bicyclic) bond motifs is 1. The molecule has 0 saturated heterocycles. The lowest BCUT2D eigenvalue weighted by atomic mass is 10.3. The van der Waals surface area contributed by atoms with E-state index in [1.807, 2.05) is 26.8 Å². The maximum Gasteiger partial charge on any atom is 0.253 e. The Morgan fingerprint density at radius 1 is 1.48 bits per heavy atom. The first-order valence-electron chi connectivity index (χ1n) is 6.61. The van der Waals surface area contributed by atoms with Crippen LogP contribution in [0.2, 0.25) is 0 Å². The third-order valence-electron chi connectivity index (χ3n) is 2.76. The quantitative estimate of drug-likeness (QED) is 0.801. The van der Waals surface area contributed by atoms with Crippen molar-refractivity contribution >= 4 is 23.4 Å². The molecule has 0 aliphatic heterocycles. The van der Waals surface area contributed by atoms with Crippen molar-refractivity contribution < 1.29 is 9.53 Å². The van der Waals surface area contributed by atoms with Gasteiger partial charge >= 0.3 is 0 Å². The van der Waals surface area contributed by atoms with Crippen LogP contribution >= 0.6 is 11.8 Å². The Morgan fingerprint density at radius 3 is 2.95 bits per heavy atom. The molecule has 2 aromatic heterocycles. The summed E-state index contributed by atoms with van der Waals surface area (Å²) in [5.41, 5.74) is 1.87. The smallest absolute Gasteiger partial charge is 0.253 e. The van der Waals surface area contributed by atoms with Crippen molar-refractivity contribution in [1.29, 1.82) is 0 Å². The Morgan fingerprint density at radius 2 is 2.24 bits per heavy atom. The van der Waals surface area contributed by atoms with Crippen LogP contribution in [0.25, 0.3) is 5.78 Å². The molecule has 8 heteroatoms. The van der Waals surface area contributed by atoms with Gasteiger partial charge in [-0.25, -0.2) is 9.50 Å². The van der Waals surface area contributed by atoms with Crippen LogP contribution in [0.3, 0.4) is 0 Å². The highest BCUT2D eigenvalue weighted by atomic mass is 32.2. The number of amides is 1. The number of nitrogens with one attached hydrogen (secondary N) is 1. The van der Waals surface area contributed by atoms with E-state index >= 15 is 0 Å². The first kappa shape index (κ1) is 15.7. The Kier molecular flexibility index (Phi) is 5.13. The second-order valence-electron chi connectivity index (χ2n) is 4.86. The molecule has 1 unspecified atom stereocenters. The van der Waals surface area contributed by atoms with Crippen molar-refractivity contribution in [2.75, 3.05) is 19.5 Å². The molecule has 2 aromatic rings. The van der Waals surface area contributed by atoms with Crippen molar-refractivity contribution in [2.45, 2.75) is 32.0 Å². The largest absolute Gasteiger partial charge is 0.383 e. The Balaban J connectivity index is 1.97. The molecule has 2 heterocycles. The molecule has 0 aromatic carbocycles. The molecule has 1 atom stereocenters. The zero-order chi connectivity index (χ0) is 15.4. The molecule has 0 radical (unpaired) electrons. The molecule has 2 rings (SSSR count). The van der Waals surface area contributed by atoms with Gasteiger partial charge < -0.3 is 10.1 Å². The number of aromatic nitrogens is 4. The van der Waals surface area contributed by atoms with Crippen molar-refractivity contribution in [1.82, 2.24) is 24.9 Å². The van der Waals surface area contributed by atoms with E-state index in [2.05, 4.69) is 20.4 Å². The average Bonchev–Trinajstić information content (AvgIpc) is 2.79. The molecule has 0 aliphatic rings. The zero-order valence-electron chi connectivity index (χ0n) is 12.6. The molecule has 114 valence electrons. The summed E-state index contributed by atoms with van der Waals surface area (Å²) in [6.45, 7) is 6.25. The minimum Gasteiger partial charge on any atom is -0.383 e. The monoisotopic (exact) mass is 309 g/mol. The van der Waals surface area contributed by atoms with Gasteiger partial charge in [-0.2, -0.15) is 4.98 Å². The molecule has 0 saturated carbocycles. The van der Waals surface area contributed by atoms with Crippen LogP contribution in [0.15, 0.2) is 11.2 Å². The van der Waals surface area contributed by atoms with Gasteiger partial charge in [-0.1, -0.05) is 11.8 Å². The average molecular weight is 309 g/mol. The number of carbonyl (C=O) groups is 1.